The molecule has 4 heteroatoms. The van der Waals surface area contributed by atoms with Gasteiger partial charge in [-0.3, -0.25) is 0 Å². The molecule has 0 aliphatic heterocycles. The molecule has 0 heterocycles. The zero-order chi connectivity index (χ0) is 28.4. The average molecular weight is 543 g/mol. The lowest BCUT2D eigenvalue weighted by Crippen LogP contribution is -2.08. The van der Waals surface area contributed by atoms with E-state index in [-0.39, 0.29) is 5.97 Å². The molecule has 214 valence electrons. The molecule has 0 saturated heterocycles. The summed E-state index contributed by atoms with van der Waals surface area (Å²) in [6.07, 6.45) is 14.9. The van der Waals surface area contributed by atoms with E-state index in [1.54, 1.807) is 24.3 Å². The fourth-order valence-electron chi connectivity index (χ4n) is 4.32. The third-order valence-electron chi connectivity index (χ3n) is 7.09. The number of hydrogen-bond donors (Lipinski definition) is 0. The highest BCUT2D eigenvalue weighted by atomic mass is 16.5. The summed E-state index contributed by atoms with van der Waals surface area (Å²) in [5.74, 6) is 2.60. The van der Waals surface area contributed by atoms with Gasteiger partial charge in [-0.25, -0.2) is 4.79 Å². The van der Waals surface area contributed by atoms with Crippen molar-refractivity contribution in [1.29, 1.82) is 0 Å². The van der Waals surface area contributed by atoms with Crippen LogP contribution >= 0.6 is 0 Å². The first kappa shape index (κ1) is 31.0. The maximum Gasteiger partial charge on any atom is 0.343 e. The van der Waals surface area contributed by atoms with Crippen molar-refractivity contribution in [1.82, 2.24) is 0 Å². The van der Waals surface area contributed by atoms with E-state index in [0.29, 0.717) is 17.9 Å². The first-order chi connectivity index (χ1) is 19.6. The summed E-state index contributed by atoms with van der Waals surface area (Å²) in [6.45, 7) is 8.15. The van der Waals surface area contributed by atoms with Crippen molar-refractivity contribution < 1.29 is 19.0 Å². The van der Waals surface area contributed by atoms with E-state index in [0.717, 1.165) is 67.3 Å². The van der Waals surface area contributed by atoms with Gasteiger partial charge >= 0.3 is 5.97 Å². The van der Waals surface area contributed by atoms with Crippen molar-refractivity contribution in [3.8, 4) is 28.4 Å². The molecular formula is C36H46O4. The lowest BCUT2D eigenvalue weighted by atomic mass is 10.0. The average Bonchev–Trinajstić information content (AvgIpc) is 2.99. The monoisotopic (exact) mass is 542 g/mol. The van der Waals surface area contributed by atoms with Gasteiger partial charge in [-0.15, -0.1) is 0 Å². The normalized spacial score (nSPS) is 11.9. The fourth-order valence-corrected chi connectivity index (χ4v) is 4.32. The van der Waals surface area contributed by atoms with Crippen LogP contribution in [0.1, 0.15) is 88.9 Å². The summed E-state index contributed by atoms with van der Waals surface area (Å²) in [6, 6.07) is 22.8. The van der Waals surface area contributed by atoms with Crippen LogP contribution in [0.4, 0.5) is 0 Å². The van der Waals surface area contributed by atoms with Crippen molar-refractivity contribution in [3.63, 3.8) is 0 Å². The van der Waals surface area contributed by atoms with Gasteiger partial charge in [-0.2, -0.15) is 0 Å². The van der Waals surface area contributed by atoms with Crippen LogP contribution in [0.2, 0.25) is 0 Å². The lowest BCUT2D eigenvalue weighted by molar-refractivity contribution is 0.0734. The van der Waals surface area contributed by atoms with E-state index in [2.05, 4.69) is 32.9 Å². The Balaban J connectivity index is 1.39. The van der Waals surface area contributed by atoms with Crippen molar-refractivity contribution in [2.75, 3.05) is 13.2 Å². The highest BCUT2D eigenvalue weighted by Gasteiger charge is 2.10. The quantitative estimate of drug-likeness (QED) is 0.0694. The largest absolute Gasteiger partial charge is 0.494 e. The number of unbranched alkanes of at least 4 members (excludes halogenated alkanes) is 4. The van der Waals surface area contributed by atoms with Gasteiger partial charge in [0.15, 0.2) is 0 Å². The molecule has 3 aromatic rings. The van der Waals surface area contributed by atoms with Crippen LogP contribution in [-0.4, -0.2) is 19.2 Å². The van der Waals surface area contributed by atoms with Crippen molar-refractivity contribution in [2.24, 2.45) is 5.92 Å². The standard InChI is InChI=1S/C36H46O4/c1-4-6-7-8-9-12-27-38-33-21-19-31(20-22-33)30-15-17-32(18-16-30)36(37)40-35-25-23-34(24-26-35)39-28-13-10-11-14-29(3)5-2/h6-7,15-26,29H,4-5,8-14,27-28H2,1-3H3/b7-6-/t29-/m0/s1. The predicted octanol–water partition coefficient (Wildman–Crippen LogP) is 10.1. The topological polar surface area (TPSA) is 44.8 Å². The van der Waals surface area contributed by atoms with Crippen LogP contribution in [0.3, 0.4) is 0 Å². The Bertz CT molecular complexity index is 1130. The zero-order valence-electron chi connectivity index (χ0n) is 24.6. The second-order valence-corrected chi connectivity index (χ2v) is 10.4. The van der Waals surface area contributed by atoms with Crippen molar-refractivity contribution in [2.45, 2.75) is 78.6 Å². The van der Waals surface area contributed by atoms with Crippen LogP contribution < -0.4 is 14.2 Å². The summed E-state index contributed by atoms with van der Waals surface area (Å²) in [7, 11) is 0. The van der Waals surface area contributed by atoms with Gasteiger partial charge in [-0.1, -0.05) is 82.9 Å². The van der Waals surface area contributed by atoms with Gasteiger partial charge in [0.1, 0.15) is 17.2 Å². The summed E-state index contributed by atoms with van der Waals surface area (Å²) in [4.78, 5) is 12.7. The molecule has 0 aliphatic carbocycles. The summed E-state index contributed by atoms with van der Waals surface area (Å²) < 4.78 is 17.3. The third kappa shape index (κ3) is 11.3. The van der Waals surface area contributed by atoms with Crippen LogP contribution in [0.5, 0.6) is 17.2 Å². The van der Waals surface area contributed by atoms with Gasteiger partial charge in [0.2, 0.25) is 0 Å². The molecule has 0 aromatic heterocycles. The molecule has 0 unspecified atom stereocenters. The number of esters is 1. The smallest absolute Gasteiger partial charge is 0.343 e. The Morgan fingerprint density at radius 2 is 1.23 bits per heavy atom. The number of rotatable bonds is 18. The maximum absolute atomic E-state index is 12.7. The minimum Gasteiger partial charge on any atom is -0.494 e. The Morgan fingerprint density at radius 1 is 0.675 bits per heavy atom. The molecular weight excluding hydrogens is 496 g/mol. The number of allylic oxidation sites excluding steroid dienone is 2. The minimum absolute atomic E-state index is 0.379. The molecule has 0 saturated carbocycles. The number of carbonyl (C=O) groups excluding carboxylic acids is 1. The van der Waals surface area contributed by atoms with E-state index < -0.39 is 0 Å². The molecule has 0 fully saturated rings. The van der Waals surface area contributed by atoms with Crippen LogP contribution in [0.25, 0.3) is 11.1 Å². The first-order valence-electron chi connectivity index (χ1n) is 15.0. The highest BCUT2D eigenvalue weighted by molar-refractivity contribution is 5.91. The van der Waals surface area contributed by atoms with E-state index in [9.17, 15) is 4.79 Å². The molecule has 4 nitrogen and oxygen atoms in total. The minimum atomic E-state index is -0.379. The second kappa shape index (κ2) is 17.9. The zero-order valence-corrected chi connectivity index (χ0v) is 24.6. The van der Waals surface area contributed by atoms with Gasteiger partial charge in [-0.05, 0) is 97.7 Å². The number of ether oxygens (including phenoxy) is 3. The molecule has 0 spiro atoms. The Hall–Kier alpha value is -3.53. The number of benzene rings is 3. The maximum atomic E-state index is 12.7. The lowest BCUT2D eigenvalue weighted by Gasteiger charge is -2.10. The molecule has 0 aliphatic rings. The molecule has 3 rings (SSSR count). The van der Waals surface area contributed by atoms with Crippen LogP contribution in [0.15, 0.2) is 84.9 Å². The molecule has 0 amide bonds. The Labute approximate surface area is 241 Å². The molecule has 0 bridgehead atoms. The first-order valence-corrected chi connectivity index (χ1v) is 15.0. The molecule has 1 atom stereocenters. The van der Waals surface area contributed by atoms with Gasteiger partial charge in [0.25, 0.3) is 0 Å². The number of hydrogen-bond acceptors (Lipinski definition) is 4. The third-order valence-corrected chi connectivity index (χ3v) is 7.09. The van der Waals surface area contributed by atoms with E-state index in [4.69, 9.17) is 14.2 Å². The van der Waals surface area contributed by atoms with Crippen molar-refractivity contribution in [3.05, 3.63) is 90.5 Å². The van der Waals surface area contributed by atoms with Gasteiger partial charge in [0.05, 0.1) is 18.8 Å². The second-order valence-electron chi connectivity index (χ2n) is 10.4. The van der Waals surface area contributed by atoms with Crippen LogP contribution in [-0.2, 0) is 0 Å². The summed E-state index contributed by atoms with van der Waals surface area (Å²) in [5, 5.41) is 0. The molecule has 40 heavy (non-hydrogen) atoms. The SMILES string of the molecule is CC/C=C\CCCCOc1ccc(-c2ccc(C(=O)Oc3ccc(OCCCCC[C@@H](C)CC)cc3)cc2)cc1. The van der Waals surface area contributed by atoms with Gasteiger partial charge in [0, 0.05) is 0 Å². The van der Waals surface area contributed by atoms with Crippen molar-refractivity contribution >= 4 is 5.97 Å². The van der Waals surface area contributed by atoms with E-state index in [1.807, 2.05) is 48.5 Å². The molecule has 0 N–H and O–H groups in total. The number of carbonyl (C=O) groups is 1. The predicted molar refractivity (Wildman–Crippen MR) is 165 cm³/mol. The van der Waals surface area contributed by atoms with E-state index in [1.165, 1.54) is 25.7 Å². The summed E-state index contributed by atoms with van der Waals surface area (Å²) in [5.41, 5.74) is 2.62. The summed E-state index contributed by atoms with van der Waals surface area (Å²) >= 11 is 0. The Kier molecular flexibility index (Phi) is 13.9. The van der Waals surface area contributed by atoms with Crippen LogP contribution in [0, 0.1) is 5.92 Å². The fraction of sp³-hybridized carbons (Fsp3) is 0.417. The Morgan fingerprint density at radius 3 is 1.82 bits per heavy atom. The molecule has 0 radical (unpaired) electrons. The highest BCUT2D eigenvalue weighted by Crippen LogP contribution is 2.24. The van der Waals surface area contributed by atoms with E-state index >= 15 is 0 Å². The molecule has 3 aromatic carbocycles. The van der Waals surface area contributed by atoms with Gasteiger partial charge < -0.3 is 14.2 Å².